The SMILES string of the molecule is Cc1ccc(-c2nc(N(C)c3c4cc(N5CCC6(CC5)CN(C(=O)N5CC(O)C5)C6)cnc4nn3C3CC3)sc2C#N)cc1.Cc1ccc(-c2nc(N(C)c3c4cc(N5CCC6(CN(C(=O)N7CC(O)C7)C6)C5)cnc4nn3C3CC3)sc2C#N)cc1. The number of rotatable bonds is 10. The van der Waals surface area contributed by atoms with Crippen LogP contribution in [0.15, 0.2) is 73.1 Å². The Hall–Kier alpha value is -8.42. The van der Waals surface area contributed by atoms with E-state index in [9.17, 15) is 30.3 Å². The van der Waals surface area contributed by atoms with Crippen molar-refractivity contribution in [3.05, 3.63) is 93.9 Å². The van der Waals surface area contributed by atoms with Crippen molar-refractivity contribution in [1.82, 2.24) is 59.1 Å². The third-order valence-corrected chi connectivity index (χ3v) is 21.1. The predicted octanol–water partition coefficient (Wildman–Crippen LogP) is 8.68. The highest BCUT2D eigenvalue weighted by molar-refractivity contribution is 7.17. The summed E-state index contributed by atoms with van der Waals surface area (Å²) in [5.41, 5.74) is 9.47. The Bertz CT molecular complexity index is 4080. The van der Waals surface area contributed by atoms with Gasteiger partial charge in [0.15, 0.2) is 21.6 Å². The second kappa shape index (κ2) is 21.2. The first-order valence-electron chi connectivity index (χ1n) is 30.3. The Labute approximate surface area is 511 Å². The Kier molecular flexibility index (Phi) is 13.4. The van der Waals surface area contributed by atoms with Crippen LogP contribution in [0.1, 0.15) is 77.9 Å². The number of nitrogens with zero attached hydrogens (tertiary/aromatic N) is 18. The summed E-state index contributed by atoms with van der Waals surface area (Å²) < 4.78 is 4.19. The number of carbonyl (C=O) groups is 2. The molecule has 2 aromatic carbocycles. The van der Waals surface area contributed by atoms with E-state index in [0.29, 0.717) is 65.1 Å². The largest absolute Gasteiger partial charge is 0.389 e. The van der Waals surface area contributed by atoms with Gasteiger partial charge in [0.05, 0.1) is 85.0 Å². The number of urea groups is 2. The number of anilines is 6. The van der Waals surface area contributed by atoms with Crippen LogP contribution in [0.3, 0.4) is 0 Å². The number of thiazole rings is 2. The van der Waals surface area contributed by atoms with Crippen LogP contribution in [0.25, 0.3) is 44.6 Å². The minimum absolute atomic E-state index is 0.0462. The number of aliphatic hydroxyl groups is 2. The molecule has 0 bridgehead atoms. The Morgan fingerprint density at radius 1 is 0.575 bits per heavy atom. The highest BCUT2D eigenvalue weighted by atomic mass is 32.1. The molecule has 12 heterocycles. The van der Waals surface area contributed by atoms with Crippen molar-refractivity contribution in [3.63, 3.8) is 0 Å². The second-order valence-electron chi connectivity index (χ2n) is 25.6. The van der Waals surface area contributed by atoms with Crippen molar-refractivity contribution in [2.75, 3.05) is 112 Å². The summed E-state index contributed by atoms with van der Waals surface area (Å²) >= 11 is 2.80. The van der Waals surface area contributed by atoms with Crippen molar-refractivity contribution in [1.29, 1.82) is 10.5 Å². The molecule has 0 atom stereocenters. The van der Waals surface area contributed by atoms with Crippen LogP contribution >= 0.6 is 22.7 Å². The van der Waals surface area contributed by atoms with Crippen LogP contribution in [-0.2, 0) is 0 Å². The molecule has 8 aromatic rings. The highest BCUT2D eigenvalue weighted by Crippen LogP contribution is 2.49. The summed E-state index contributed by atoms with van der Waals surface area (Å²) in [7, 11) is 4.01. The van der Waals surface area contributed by atoms with E-state index in [1.54, 1.807) is 9.80 Å². The number of benzene rings is 2. The van der Waals surface area contributed by atoms with Gasteiger partial charge in [0.25, 0.3) is 0 Å². The van der Waals surface area contributed by atoms with Crippen molar-refractivity contribution in [2.45, 2.75) is 83.1 Å². The van der Waals surface area contributed by atoms with Crippen LogP contribution in [-0.4, -0.2) is 186 Å². The molecule has 446 valence electrons. The number of β-amino-alcohol motifs (C(OH)–C–C–N with tert-alkyl or cyclic N) is 2. The first kappa shape index (κ1) is 55.2. The fraction of sp³-hybridized carbons (Fsp3) is 0.460. The molecule has 2 aliphatic carbocycles. The average molecular weight is 1210 g/mol. The Balaban J connectivity index is 0.000000147. The lowest BCUT2D eigenvalue weighted by Crippen LogP contribution is -2.67. The molecule has 8 fully saturated rings. The molecule has 16 rings (SSSR count). The summed E-state index contributed by atoms with van der Waals surface area (Å²) in [4.78, 5) is 62.3. The van der Waals surface area contributed by atoms with Crippen molar-refractivity contribution >= 4 is 90.1 Å². The van der Waals surface area contributed by atoms with Gasteiger partial charge in [-0.3, -0.25) is 0 Å². The number of carbonyl (C=O) groups excluding carboxylic acids is 2. The molecular formula is C63H68N18O4S2. The lowest BCUT2D eigenvalue weighted by Gasteiger charge is -2.55. The van der Waals surface area contributed by atoms with Gasteiger partial charge in [-0.2, -0.15) is 20.7 Å². The number of likely N-dealkylation sites (tertiary alicyclic amines) is 4. The Morgan fingerprint density at radius 3 is 1.39 bits per heavy atom. The van der Waals surface area contributed by atoms with E-state index in [1.807, 2.05) is 91.7 Å². The third kappa shape index (κ3) is 9.99. The van der Waals surface area contributed by atoms with Gasteiger partial charge < -0.3 is 49.4 Å². The van der Waals surface area contributed by atoms with Crippen LogP contribution < -0.4 is 19.6 Å². The first-order valence-corrected chi connectivity index (χ1v) is 31.9. The second-order valence-corrected chi connectivity index (χ2v) is 27.6. The van der Waals surface area contributed by atoms with E-state index >= 15 is 0 Å². The van der Waals surface area contributed by atoms with E-state index < -0.39 is 0 Å². The first-order chi connectivity index (χ1) is 42.1. The molecule has 6 aromatic heterocycles. The average Bonchev–Trinajstić information content (AvgIpc) is 1.79. The topological polar surface area (TPSA) is 235 Å². The molecule has 0 unspecified atom stereocenters. The zero-order chi connectivity index (χ0) is 59.6. The van der Waals surface area contributed by atoms with E-state index in [4.69, 9.17) is 30.1 Å². The highest BCUT2D eigenvalue weighted by Gasteiger charge is 2.52. The molecule has 87 heavy (non-hydrogen) atoms. The number of hydrogen-bond acceptors (Lipinski definition) is 18. The van der Waals surface area contributed by atoms with E-state index in [-0.39, 0.29) is 35.1 Å². The lowest BCUT2D eigenvalue weighted by molar-refractivity contribution is -0.0311. The zero-order valence-corrected chi connectivity index (χ0v) is 50.9. The van der Waals surface area contributed by atoms with E-state index in [1.165, 1.54) is 28.2 Å². The number of amides is 4. The molecule has 4 amide bonds. The van der Waals surface area contributed by atoms with Gasteiger partial charge in [-0.05, 0) is 70.9 Å². The molecule has 6 aliphatic heterocycles. The molecular weight excluding hydrogens is 1140 g/mol. The van der Waals surface area contributed by atoms with Crippen LogP contribution in [0.5, 0.6) is 0 Å². The number of hydrogen-bond donors (Lipinski definition) is 2. The Morgan fingerprint density at radius 2 is 0.977 bits per heavy atom. The van der Waals surface area contributed by atoms with E-state index in [2.05, 4.69) is 60.2 Å². The lowest BCUT2D eigenvalue weighted by atomic mass is 9.72. The number of piperidine rings is 1. The summed E-state index contributed by atoms with van der Waals surface area (Å²) in [5, 5.41) is 52.3. The number of aryl methyl sites for hydroxylation is 2. The summed E-state index contributed by atoms with van der Waals surface area (Å²) in [5.74, 6) is 1.91. The van der Waals surface area contributed by atoms with Gasteiger partial charge in [-0.1, -0.05) is 82.3 Å². The summed E-state index contributed by atoms with van der Waals surface area (Å²) in [6.45, 7) is 12.6. The number of pyridine rings is 2. The number of nitriles is 2. The van der Waals surface area contributed by atoms with Crippen LogP contribution in [0.4, 0.5) is 42.9 Å². The molecule has 24 heteroatoms. The fourth-order valence-corrected chi connectivity index (χ4v) is 15.2. The minimum Gasteiger partial charge on any atom is -0.389 e. The number of aromatic nitrogens is 8. The van der Waals surface area contributed by atoms with Crippen molar-refractivity contribution in [3.8, 4) is 34.7 Å². The van der Waals surface area contributed by atoms with Gasteiger partial charge in [-0.15, -0.1) is 0 Å². The molecule has 8 aliphatic rings. The van der Waals surface area contributed by atoms with Crippen LogP contribution in [0.2, 0.25) is 0 Å². The van der Waals surface area contributed by atoms with E-state index in [0.717, 1.165) is 164 Å². The van der Waals surface area contributed by atoms with Crippen LogP contribution in [0, 0.1) is 47.3 Å². The quantitative estimate of drug-likeness (QED) is 0.130. The van der Waals surface area contributed by atoms with Crippen molar-refractivity contribution in [2.24, 2.45) is 10.8 Å². The number of fused-ring (bicyclic) bond motifs is 2. The minimum atomic E-state index is -0.379. The molecule has 2 N–H and O–H groups in total. The monoisotopic (exact) mass is 1200 g/mol. The molecule has 6 saturated heterocycles. The standard InChI is InChI=1S/C32H35N9O2S.C31H33N9O2S/c1-20-3-5-21(6-4-20)27-26(14-33)44-30(35-27)37(2)29-25-13-23(15-34-28(25)36-41(29)22-7-8-22)38-11-9-32(10-12-38)18-40(19-32)31(43)39-16-24(42)17-39;1-19-3-5-20(6-4-19)26-25(12-32)43-29(34-26)36(2)28-24-11-22(13-33-27(24)35-40(28)21-7-8-21)37-10-9-31(16-37)17-39(18-31)30(42)38-14-23(41)15-38/h3-6,13,15,22,24,42H,7-12,16-19H2,1-2H3;3-6,11,13,21,23,41H,7-10,14-18H2,1-2H3. The molecule has 22 nitrogen and oxygen atoms in total. The number of aliphatic hydroxyl groups excluding tert-OH is 2. The maximum atomic E-state index is 12.7. The van der Waals surface area contributed by atoms with Gasteiger partial charge in [-0.25, -0.2) is 38.9 Å². The smallest absolute Gasteiger partial charge is 0.320 e. The molecule has 2 saturated carbocycles. The molecule has 0 radical (unpaired) electrons. The normalized spacial score (nSPS) is 19.6. The van der Waals surface area contributed by atoms with Gasteiger partial charge in [0.2, 0.25) is 0 Å². The fourth-order valence-electron chi connectivity index (χ4n) is 13.5. The van der Waals surface area contributed by atoms with Gasteiger partial charge in [0, 0.05) is 88.4 Å². The van der Waals surface area contributed by atoms with Gasteiger partial charge in [0.1, 0.15) is 44.9 Å². The molecule has 2 spiro atoms. The third-order valence-electron chi connectivity index (χ3n) is 19.0. The summed E-state index contributed by atoms with van der Waals surface area (Å²) in [6.07, 6.45) is 10.5. The summed E-state index contributed by atoms with van der Waals surface area (Å²) in [6, 6.07) is 26.2. The van der Waals surface area contributed by atoms with Crippen molar-refractivity contribution < 1.29 is 19.8 Å². The maximum Gasteiger partial charge on any atom is 0.320 e. The zero-order valence-electron chi connectivity index (χ0n) is 49.2. The van der Waals surface area contributed by atoms with Gasteiger partial charge >= 0.3 is 12.1 Å². The maximum absolute atomic E-state index is 12.7. The predicted molar refractivity (Wildman–Crippen MR) is 334 cm³/mol.